The molecule has 0 saturated heterocycles. The summed E-state index contributed by atoms with van der Waals surface area (Å²) in [5.74, 6) is 0.823. The molecule has 104 valence electrons. The van der Waals surface area contributed by atoms with Crippen LogP contribution in [0.25, 0.3) is 0 Å². The van der Waals surface area contributed by atoms with E-state index in [0.29, 0.717) is 16.2 Å². The van der Waals surface area contributed by atoms with Gasteiger partial charge in [-0.3, -0.25) is 10.1 Å². The first kappa shape index (κ1) is 14.7. The number of halogens is 2. The van der Waals surface area contributed by atoms with Gasteiger partial charge in [-0.2, -0.15) is 0 Å². The highest BCUT2D eigenvalue weighted by atomic mass is 79.9. The van der Waals surface area contributed by atoms with E-state index in [0.717, 1.165) is 11.1 Å². The van der Waals surface area contributed by atoms with Gasteiger partial charge in [-0.25, -0.2) is 4.98 Å². The molecule has 0 radical (unpaired) electrons. The molecule has 0 bridgehead atoms. The molecule has 20 heavy (non-hydrogen) atoms. The van der Waals surface area contributed by atoms with Gasteiger partial charge in [0.05, 0.1) is 4.92 Å². The van der Waals surface area contributed by atoms with E-state index in [4.69, 9.17) is 16.3 Å². The Hall–Kier alpha value is -1.66. The van der Waals surface area contributed by atoms with Crippen LogP contribution in [-0.4, -0.2) is 9.91 Å². The summed E-state index contributed by atoms with van der Waals surface area (Å²) in [6.45, 7) is 1.81. The topological polar surface area (TPSA) is 65.3 Å². The fourth-order valence-electron chi connectivity index (χ4n) is 1.62. The Morgan fingerprint density at radius 2 is 2.20 bits per heavy atom. The van der Waals surface area contributed by atoms with E-state index in [-0.39, 0.29) is 11.4 Å². The first-order valence-electron chi connectivity index (χ1n) is 5.64. The molecule has 0 aliphatic heterocycles. The lowest BCUT2D eigenvalue weighted by Gasteiger charge is -2.09. The molecule has 2 aromatic rings. The van der Waals surface area contributed by atoms with Gasteiger partial charge in [0.25, 0.3) is 0 Å². The predicted molar refractivity (Wildman–Crippen MR) is 79.4 cm³/mol. The average Bonchev–Trinajstić information content (AvgIpc) is 2.42. The fraction of sp³-hybridized carbons (Fsp3) is 0.154. The van der Waals surface area contributed by atoms with Gasteiger partial charge in [-0.1, -0.05) is 15.9 Å². The number of pyridine rings is 1. The molecule has 0 spiro atoms. The van der Waals surface area contributed by atoms with E-state index in [1.54, 1.807) is 12.3 Å². The van der Waals surface area contributed by atoms with Crippen molar-refractivity contribution in [3.05, 3.63) is 56.2 Å². The minimum atomic E-state index is -0.497. The average molecular weight is 358 g/mol. The van der Waals surface area contributed by atoms with Gasteiger partial charge in [0, 0.05) is 28.2 Å². The predicted octanol–water partition coefficient (Wildman–Crippen LogP) is 4.59. The highest BCUT2D eigenvalue weighted by molar-refractivity contribution is 9.10. The second-order valence-corrected chi connectivity index (χ2v) is 5.25. The van der Waals surface area contributed by atoms with Crippen LogP contribution in [0.1, 0.15) is 11.1 Å². The third-order valence-corrected chi connectivity index (χ3v) is 3.37. The third kappa shape index (κ3) is 3.26. The summed E-state index contributed by atoms with van der Waals surface area (Å²) in [6, 6.07) is 6.42. The number of benzene rings is 1. The summed E-state index contributed by atoms with van der Waals surface area (Å²) in [6.07, 6.45) is 1.58. The quantitative estimate of drug-likeness (QED) is 0.456. The molecule has 2 rings (SSSR count). The van der Waals surface area contributed by atoms with Crippen molar-refractivity contribution in [1.82, 2.24) is 4.98 Å². The van der Waals surface area contributed by atoms with Crippen LogP contribution in [0, 0.1) is 17.0 Å². The van der Waals surface area contributed by atoms with Crippen LogP contribution in [0.2, 0.25) is 0 Å². The number of nitro groups is 1. The number of aryl methyl sites for hydroxylation is 1. The van der Waals surface area contributed by atoms with E-state index >= 15 is 0 Å². The standard InChI is InChI=1S/C13H10BrClN2O3/c1-8-4-9(6-15)7-16-13(8)20-12-3-2-10(14)5-11(12)17(18)19/h2-5,7H,6H2,1H3. The summed E-state index contributed by atoms with van der Waals surface area (Å²) in [5.41, 5.74) is 1.50. The minimum Gasteiger partial charge on any atom is -0.432 e. The zero-order chi connectivity index (χ0) is 14.7. The maximum Gasteiger partial charge on any atom is 0.312 e. The number of nitrogens with zero attached hydrogens (tertiary/aromatic N) is 2. The molecule has 0 atom stereocenters. The number of hydrogen-bond donors (Lipinski definition) is 0. The SMILES string of the molecule is Cc1cc(CCl)cnc1Oc1ccc(Br)cc1[N+](=O)[O-]. The summed E-state index contributed by atoms with van der Waals surface area (Å²) in [4.78, 5) is 14.6. The Morgan fingerprint density at radius 1 is 1.45 bits per heavy atom. The van der Waals surface area contributed by atoms with Gasteiger partial charge in [0.1, 0.15) is 0 Å². The molecule has 7 heteroatoms. The zero-order valence-electron chi connectivity index (χ0n) is 10.5. The molecule has 0 aliphatic carbocycles. The first-order chi connectivity index (χ1) is 9.51. The van der Waals surface area contributed by atoms with Crippen LogP contribution in [0.3, 0.4) is 0 Å². The van der Waals surface area contributed by atoms with Crippen LogP contribution < -0.4 is 4.74 Å². The summed E-state index contributed by atoms with van der Waals surface area (Å²) in [7, 11) is 0. The highest BCUT2D eigenvalue weighted by Crippen LogP contribution is 2.34. The smallest absolute Gasteiger partial charge is 0.312 e. The van der Waals surface area contributed by atoms with E-state index < -0.39 is 4.92 Å². The van der Waals surface area contributed by atoms with Crippen LogP contribution in [0.15, 0.2) is 34.9 Å². The second kappa shape index (κ2) is 6.19. The van der Waals surface area contributed by atoms with Crippen molar-refractivity contribution in [2.45, 2.75) is 12.8 Å². The number of ether oxygens (including phenoxy) is 1. The van der Waals surface area contributed by atoms with E-state index in [1.165, 1.54) is 12.1 Å². The van der Waals surface area contributed by atoms with Crippen molar-refractivity contribution in [2.24, 2.45) is 0 Å². The molecular weight excluding hydrogens is 348 g/mol. The van der Waals surface area contributed by atoms with Crippen molar-refractivity contribution in [1.29, 1.82) is 0 Å². The Balaban J connectivity index is 2.37. The summed E-state index contributed by atoms with van der Waals surface area (Å²) >= 11 is 8.91. The highest BCUT2D eigenvalue weighted by Gasteiger charge is 2.17. The molecule has 0 fully saturated rings. The third-order valence-electron chi connectivity index (χ3n) is 2.57. The van der Waals surface area contributed by atoms with Crippen molar-refractivity contribution >= 4 is 33.2 Å². The summed E-state index contributed by atoms with van der Waals surface area (Å²) < 4.78 is 6.15. The maximum atomic E-state index is 11.0. The molecular formula is C13H10BrClN2O3. The van der Waals surface area contributed by atoms with Crippen LogP contribution >= 0.6 is 27.5 Å². The van der Waals surface area contributed by atoms with Gasteiger partial charge in [0.2, 0.25) is 11.6 Å². The lowest BCUT2D eigenvalue weighted by atomic mass is 10.2. The Kier molecular flexibility index (Phi) is 4.57. The monoisotopic (exact) mass is 356 g/mol. The van der Waals surface area contributed by atoms with Crippen LogP contribution in [-0.2, 0) is 5.88 Å². The Morgan fingerprint density at radius 3 is 2.80 bits per heavy atom. The van der Waals surface area contributed by atoms with Gasteiger partial charge in [0.15, 0.2) is 0 Å². The molecule has 5 nitrogen and oxygen atoms in total. The number of alkyl halides is 1. The van der Waals surface area contributed by atoms with E-state index in [9.17, 15) is 10.1 Å². The molecule has 0 unspecified atom stereocenters. The summed E-state index contributed by atoms with van der Waals surface area (Å²) in [5, 5.41) is 11.0. The van der Waals surface area contributed by atoms with Crippen molar-refractivity contribution in [3.8, 4) is 11.6 Å². The van der Waals surface area contributed by atoms with Crippen molar-refractivity contribution < 1.29 is 9.66 Å². The molecule has 1 aromatic heterocycles. The minimum absolute atomic E-state index is 0.123. The van der Waals surface area contributed by atoms with E-state index in [1.807, 2.05) is 13.0 Å². The normalized spacial score (nSPS) is 10.3. The first-order valence-corrected chi connectivity index (χ1v) is 6.97. The molecule has 1 heterocycles. The van der Waals surface area contributed by atoms with Gasteiger partial charge in [-0.05, 0) is 30.7 Å². The largest absolute Gasteiger partial charge is 0.432 e. The number of rotatable bonds is 4. The van der Waals surface area contributed by atoms with Gasteiger partial charge < -0.3 is 4.74 Å². The lowest BCUT2D eigenvalue weighted by Crippen LogP contribution is -1.97. The zero-order valence-corrected chi connectivity index (χ0v) is 12.8. The van der Waals surface area contributed by atoms with Crippen molar-refractivity contribution in [3.63, 3.8) is 0 Å². The number of hydrogen-bond acceptors (Lipinski definition) is 4. The second-order valence-electron chi connectivity index (χ2n) is 4.07. The molecule has 0 aliphatic rings. The maximum absolute atomic E-state index is 11.0. The van der Waals surface area contributed by atoms with Gasteiger partial charge >= 0.3 is 5.69 Å². The van der Waals surface area contributed by atoms with Crippen LogP contribution in [0.5, 0.6) is 11.6 Å². The number of nitro benzene ring substituents is 1. The lowest BCUT2D eigenvalue weighted by molar-refractivity contribution is -0.385. The van der Waals surface area contributed by atoms with E-state index in [2.05, 4.69) is 20.9 Å². The van der Waals surface area contributed by atoms with Crippen LogP contribution in [0.4, 0.5) is 5.69 Å². The number of aromatic nitrogens is 1. The molecule has 0 amide bonds. The van der Waals surface area contributed by atoms with Crippen molar-refractivity contribution in [2.75, 3.05) is 0 Å². The van der Waals surface area contributed by atoms with Gasteiger partial charge in [-0.15, -0.1) is 11.6 Å². The Labute approximate surface area is 128 Å². The molecule has 1 aromatic carbocycles. The Bertz CT molecular complexity index is 664. The fourth-order valence-corrected chi connectivity index (χ4v) is 2.12. The molecule has 0 saturated carbocycles. The molecule has 0 N–H and O–H groups in total.